The van der Waals surface area contributed by atoms with Crippen molar-refractivity contribution in [2.45, 2.75) is 30.7 Å². The first-order valence-corrected chi connectivity index (χ1v) is 9.30. The lowest BCUT2D eigenvalue weighted by molar-refractivity contribution is -0.121. The first-order valence-electron chi connectivity index (χ1n) is 7.94. The molecule has 24 heavy (non-hydrogen) atoms. The van der Waals surface area contributed by atoms with Crippen molar-refractivity contribution in [2.24, 2.45) is 0 Å². The molecule has 0 aliphatic heterocycles. The summed E-state index contributed by atoms with van der Waals surface area (Å²) < 4.78 is 5.17. The fourth-order valence-electron chi connectivity index (χ4n) is 2.32. The molecule has 128 valence electrons. The largest absolute Gasteiger partial charge is 0.497 e. The summed E-state index contributed by atoms with van der Waals surface area (Å²) in [7, 11) is 1.65. The first kappa shape index (κ1) is 18.7. The predicted molar refractivity (Wildman–Crippen MR) is 101 cm³/mol. The van der Waals surface area contributed by atoms with Crippen molar-refractivity contribution in [3.05, 3.63) is 59.1 Å². The van der Waals surface area contributed by atoms with Crippen molar-refractivity contribution in [3.8, 4) is 5.75 Å². The summed E-state index contributed by atoms with van der Waals surface area (Å²) in [6.45, 7) is 2.07. The standard InChI is InChI=1S/C19H22ClNO2S/c1-3-18(14-4-8-16(23-2)9-5-14)21-19(22)12-13-24-17-10-6-15(20)7-11-17/h4-11,18H,3,12-13H2,1-2H3,(H,21,22). The third-order valence-corrected chi connectivity index (χ3v) is 4.94. The number of benzene rings is 2. The van der Waals surface area contributed by atoms with Crippen LogP contribution in [0.1, 0.15) is 31.4 Å². The van der Waals surface area contributed by atoms with Gasteiger partial charge in [-0.25, -0.2) is 0 Å². The van der Waals surface area contributed by atoms with E-state index in [1.54, 1.807) is 18.9 Å². The van der Waals surface area contributed by atoms with Crippen molar-refractivity contribution in [3.63, 3.8) is 0 Å². The van der Waals surface area contributed by atoms with Crippen LogP contribution in [0.4, 0.5) is 0 Å². The molecular formula is C19H22ClNO2S. The quantitative estimate of drug-likeness (QED) is 0.663. The van der Waals surface area contributed by atoms with E-state index in [0.717, 1.165) is 33.4 Å². The highest BCUT2D eigenvalue weighted by Crippen LogP contribution is 2.22. The molecule has 1 atom stereocenters. The van der Waals surface area contributed by atoms with E-state index in [2.05, 4.69) is 12.2 Å². The van der Waals surface area contributed by atoms with E-state index in [4.69, 9.17) is 16.3 Å². The zero-order chi connectivity index (χ0) is 17.4. The molecule has 1 N–H and O–H groups in total. The van der Waals surface area contributed by atoms with Crippen molar-refractivity contribution >= 4 is 29.3 Å². The normalized spacial score (nSPS) is 11.8. The number of carbonyl (C=O) groups is 1. The Kier molecular flexibility index (Phi) is 7.47. The number of rotatable bonds is 8. The van der Waals surface area contributed by atoms with Crippen LogP contribution < -0.4 is 10.1 Å². The smallest absolute Gasteiger partial charge is 0.221 e. The summed E-state index contributed by atoms with van der Waals surface area (Å²) in [5.74, 6) is 1.63. The molecule has 0 bridgehead atoms. The fourth-order valence-corrected chi connectivity index (χ4v) is 3.29. The Morgan fingerprint density at radius 2 is 1.83 bits per heavy atom. The third kappa shape index (κ3) is 5.77. The van der Waals surface area contributed by atoms with E-state index in [-0.39, 0.29) is 11.9 Å². The molecule has 0 aromatic heterocycles. The second-order valence-corrected chi connectivity index (χ2v) is 6.96. The van der Waals surface area contributed by atoms with E-state index in [0.29, 0.717) is 6.42 Å². The summed E-state index contributed by atoms with van der Waals surface area (Å²) in [5, 5.41) is 3.83. The van der Waals surface area contributed by atoms with Crippen LogP contribution in [0.5, 0.6) is 5.75 Å². The molecule has 2 aromatic carbocycles. The number of thioether (sulfide) groups is 1. The van der Waals surface area contributed by atoms with Crippen LogP contribution in [-0.2, 0) is 4.79 Å². The van der Waals surface area contributed by atoms with E-state index in [9.17, 15) is 4.79 Å². The highest BCUT2D eigenvalue weighted by molar-refractivity contribution is 7.99. The summed E-state index contributed by atoms with van der Waals surface area (Å²) >= 11 is 7.52. The fraction of sp³-hybridized carbons (Fsp3) is 0.316. The average Bonchev–Trinajstić information content (AvgIpc) is 2.61. The van der Waals surface area contributed by atoms with Gasteiger partial charge in [0.1, 0.15) is 5.75 Å². The van der Waals surface area contributed by atoms with Crippen molar-refractivity contribution in [2.75, 3.05) is 12.9 Å². The third-order valence-electron chi connectivity index (χ3n) is 3.67. The average molecular weight is 364 g/mol. The number of hydrogen-bond acceptors (Lipinski definition) is 3. The molecule has 0 spiro atoms. The number of ether oxygens (including phenoxy) is 1. The van der Waals surface area contributed by atoms with E-state index in [1.165, 1.54) is 0 Å². The van der Waals surface area contributed by atoms with Gasteiger partial charge in [0.05, 0.1) is 13.2 Å². The van der Waals surface area contributed by atoms with Crippen LogP contribution in [0.15, 0.2) is 53.4 Å². The van der Waals surface area contributed by atoms with Crippen LogP contribution in [0, 0.1) is 0 Å². The molecule has 0 heterocycles. The summed E-state index contributed by atoms with van der Waals surface area (Å²) in [4.78, 5) is 13.3. The molecule has 0 saturated carbocycles. The number of halogens is 1. The van der Waals surface area contributed by atoms with Crippen molar-refractivity contribution in [1.82, 2.24) is 5.32 Å². The number of hydrogen-bond donors (Lipinski definition) is 1. The molecule has 3 nitrogen and oxygen atoms in total. The van der Waals surface area contributed by atoms with Gasteiger partial charge in [-0.3, -0.25) is 4.79 Å². The number of amides is 1. The van der Waals surface area contributed by atoms with Gasteiger partial charge >= 0.3 is 0 Å². The molecule has 1 unspecified atom stereocenters. The van der Waals surface area contributed by atoms with Gasteiger partial charge in [0, 0.05) is 22.1 Å². The minimum absolute atomic E-state index is 0.0314. The zero-order valence-electron chi connectivity index (χ0n) is 13.9. The summed E-state index contributed by atoms with van der Waals surface area (Å²) in [6.07, 6.45) is 1.34. The van der Waals surface area contributed by atoms with Crippen LogP contribution in [-0.4, -0.2) is 18.8 Å². The van der Waals surface area contributed by atoms with E-state index in [1.807, 2.05) is 48.5 Å². The van der Waals surface area contributed by atoms with Gasteiger partial charge in [-0.1, -0.05) is 30.7 Å². The Balaban J connectivity index is 1.81. The van der Waals surface area contributed by atoms with Gasteiger partial charge in [-0.2, -0.15) is 0 Å². The highest BCUT2D eigenvalue weighted by atomic mass is 35.5. The van der Waals surface area contributed by atoms with Gasteiger partial charge in [0.2, 0.25) is 5.91 Å². The topological polar surface area (TPSA) is 38.3 Å². The monoisotopic (exact) mass is 363 g/mol. The van der Waals surface area contributed by atoms with E-state index >= 15 is 0 Å². The maximum atomic E-state index is 12.2. The van der Waals surface area contributed by atoms with Crippen molar-refractivity contribution < 1.29 is 9.53 Å². The summed E-state index contributed by atoms with van der Waals surface area (Å²) in [5.41, 5.74) is 1.09. The molecule has 0 radical (unpaired) electrons. The molecular weight excluding hydrogens is 342 g/mol. The minimum Gasteiger partial charge on any atom is -0.497 e. The SMILES string of the molecule is CCC(NC(=O)CCSc1ccc(Cl)cc1)c1ccc(OC)cc1. The molecule has 5 heteroatoms. The maximum absolute atomic E-state index is 12.2. The highest BCUT2D eigenvalue weighted by Gasteiger charge is 2.12. The number of carbonyl (C=O) groups excluding carboxylic acids is 1. The maximum Gasteiger partial charge on any atom is 0.221 e. The van der Waals surface area contributed by atoms with Crippen LogP contribution in [0.2, 0.25) is 5.02 Å². The van der Waals surface area contributed by atoms with Gasteiger partial charge < -0.3 is 10.1 Å². The molecule has 0 saturated heterocycles. The number of nitrogens with one attached hydrogen (secondary N) is 1. The lowest BCUT2D eigenvalue weighted by Gasteiger charge is -2.18. The van der Waals surface area contributed by atoms with Gasteiger partial charge in [-0.05, 0) is 48.4 Å². The van der Waals surface area contributed by atoms with Crippen LogP contribution in [0.25, 0.3) is 0 Å². The zero-order valence-corrected chi connectivity index (χ0v) is 15.5. The molecule has 2 rings (SSSR count). The van der Waals surface area contributed by atoms with Gasteiger partial charge in [-0.15, -0.1) is 11.8 Å². The molecule has 0 aliphatic carbocycles. The lowest BCUT2D eigenvalue weighted by atomic mass is 10.0. The Hall–Kier alpha value is -1.65. The van der Waals surface area contributed by atoms with E-state index < -0.39 is 0 Å². The van der Waals surface area contributed by atoms with Crippen LogP contribution >= 0.6 is 23.4 Å². The Labute approximate surface area is 152 Å². The Bertz CT molecular complexity index is 643. The Morgan fingerprint density at radius 3 is 2.42 bits per heavy atom. The molecule has 0 fully saturated rings. The predicted octanol–water partition coefficient (Wildman–Crippen LogP) is 5.10. The molecule has 2 aromatic rings. The molecule has 0 aliphatic rings. The second kappa shape index (κ2) is 9.60. The Morgan fingerprint density at radius 1 is 1.17 bits per heavy atom. The van der Waals surface area contributed by atoms with Gasteiger partial charge in [0.25, 0.3) is 0 Å². The summed E-state index contributed by atoms with van der Waals surface area (Å²) in [6, 6.07) is 15.5. The second-order valence-electron chi connectivity index (χ2n) is 5.35. The molecule has 1 amide bonds. The number of methoxy groups -OCH3 is 1. The lowest BCUT2D eigenvalue weighted by Crippen LogP contribution is -2.28. The minimum atomic E-state index is 0.0314. The van der Waals surface area contributed by atoms with Crippen LogP contribution in [0.3, 0.4) is 0 Å². The van der Waals surface area contributed by atoms with Crippen molar-refractivity contribution in [1.29, 1.82) is 0 Å². The van der Waals surface area contributed by atoms with Gasteiger partial charge in [0.15, 0.2) is 0 Å². The first-order chi connectivity index (χ1) is 11.6.